The molecule has 1 aliphatic rings. The number of nitrogens with one attached hydrogen (secondary N) is 1. The molecule has 0 atom stereocenters. The molecular formula is C15H18N2O4S. The standard InChI is InChI=1S/C15H18N2O4S/c1-2-11-4-3-5-12(8-11)16-13(18)10-21-14(19)9-17-6-7-22-15(17)20/h3-5,8H,2,6-7,9-10H2,1H3,(H,16,18). The van der Waals surface area contributed by atoms with Crippen LogP contribution in [0.4, 0.5) is 10.5 Å². The quantitative estimate of drug-likeness (QED) is 0.810. The summed E-state index contributed by atoms with van der Waals surface area (Å²) in [6.45, 7) is 2.10. The van der Waals surface area contributed by atoms with Crippen molar-refractivity contribution in [3.05, 3.63) is 29.8 Å². The molecule has 0 aliphatic carbocycles. The summed E-state index contributed by atoms with van der Waals surface area (Å²) in [5.41, 5.74) is 1.78. The normalized spacial score (nSPS) is 14.0. The van der Waals surface area contributed by atoms with E-state index in [9.17, 15) is 14.4 Å². The Balaban J connectivity index is 1.75. The van der Waals surface area contributed by atoms with Crippen LogP contribution >= 0.6 is 11.8 Å². The van der Waals surface area contributed by atoms with E-state index in [2.05, 4.69) is 5.32 Å². The number of amides is 2. The molecular weight excluding hydrogens is 304 g/mol. The molecule has 118 valence electrons. The van der Waals surface area contributed by atoms with Gasteiger partial charge in [0.25, 0.3) is 11.1 Å². The van der Waals surface area contributed by atoms with Gasteiger partial charge in [0.1, 0.15) is 6.54 Å². The minimum absolute atomic E-state index is 0.107. The van der Waals surface area contributed by atoms with E-state index >= 15 is 0 Å². The van der Waals surface area contributed by atoms with Gasteiger partial charge in [-0.05, 0) is 24.1 Å². The molecule has 22 heavy (non-hydrogen) atoms. The van der Waals surface area contributed by atoms with Crippen molar-refractivity contribution in [2.24, 2.45) is 0 Å². The molecule has 2 rings (SSSR count). The van der Waals surface area contributed by atoms with Gasteiger partial charge < -0.3 is 15.0 Å². The van der Waals surface area contributed by atoms with Crippen LogP contribution in [0.1, 0.15) is 12.5 Å². The number of thioether (sulfide) groups is 1. The lowest BCUT2D eigenvalue weighted by Gasteiger charge is -2.13. The van der Waals surface area contributed by atoms with Crippen LogP contribution in [0.2, 0.25) is 0 Å². The van der Waals surface area contributed by atoms with Crippen molar-refractivity contribution >= 4 is 34.6 Å². The Bertz CT molecular complexity index is 576. The first-order valence-corrected chi connectivity index (χ1v) is 8.03. The number of anilines is 1. The molecule has 0 saturated carbocycles. The average Bonchev–Trinajstić information content (AvgIpc) is 2.90. The number of hydrogen-bond donors (Lipinski definition) is 1. The van der Waals surface area contributed by atoms with E-state index in [1.807, 2.05) is 25.1 Å². The monoisotopic (exact) mass is 322 g/mol. The molecule has 6 nitrogen and oxygen atoms in total. The van der Waals surface area contributed by atoms with Gasteiger partial charge in [-0.25, -0.2) is 0 Å². The van der Waals surface area contributed by atoms with Crippen LogP contribution in [-0.2, 0) is 20.7 Å². The van der Waals surface area contributed by atoms with Crippen LogP contribution in [0.3, 0.4) is 0 Å². The second kappa shape index (κ2) is 7.84. The minimum Gasteiger partial charge on any atom is -0.454 e. The van der Waals surface area contributed by atoms with Gasteiger partial charge in [-0.3, -0.25) is 14.4 Å². The third kappa shape index (κ3) is 4.77. The van der Waals surface area contributed by atoms with E-state index in [0.717, 1.165) is 12.0 Å². The number of hydrogen-bond acceptors (Lipinski definition) is 5. The fourth-order valence-electron chi connectivity index (χ4n) is 1.98. The first kappa shape index (κ1) is 16.4. The van der Waals surface area contributed by atoms with Crippen LogP contribution in [0.5, 0.6) is 0 Å². The Morgan fingerprint density at radius 3 is 2.91 bits per heavy atom. The highest BCUT2D eigenvalue weighted by Crippen LogP contribution is 2.16. The average molecular weight is 322 g/mol. The Kier molecular flexibility index (Phi) is 5.83. The number of nitrogens with zero attached hydrogens (tertiary/aromatic N) is 1. The number of aryl methyl sites for hydroxylation is 1. The highest BCUT2D eigenvalue weighted by Gasteiger charge is 2.24. The molecule has 1 heterocycles. The van der Waals surface area contributed by atoms with E-state index in [1.54, 1.807) is 6.07 Å². The maximum atomic E-state index is 11.7. The SMILES string of the molecule is CCc1cccc(NC(=O)COC(=O)CN2CCSC2=O)c1. The molecule has 0 bridgehead atoms. The number of carbonyl (C=O) groups is 3. The molecule has 7 heteroatoms. The van der Waals surface area contributed by atoms with Gasteiger partial charge in [0.15, 0.2) is 6.61 Å². The molecule has 2 amide bonds. The zero-order valence-electron chi connectivity index (χ0n) is 12.3. The zero-order valence-corrected chi connectivity index (χ0v) is 13.1. The van der Waals surface area contributed by atoms with E-state index < -0.39 is 11.9 Å². The molecule has 1 fully saturated rings. The van der Waals surface area contributed by atoms with Crippen LogP contribution in [0.15, 0.2) is 24.3 Å². The summed E-state index contributed by atoms with van der Waals surface area (Å²) in [5.74, 6) is -0.294. The summed E-state index contributed by atoms with van der Waals surface area (Å²) < 4.78 is 4.89. The lowest BCUT2D eigenvalue weighted by Crippen LogP contribution is -2.32. The second-order valence-corrected chi connectivity index (χ2v) is 5.84. The first-order chi connectivity index (χ1) is 10.6. The fraction of sp³-hybridized carbons (Fsp3) is 0.400. The molecule has 1 saturated heterocycles. The lowest BCUT2D eigenvalue weighted by molar-refractivity contribution is -0.147. The topological polar surface area (TPSA) is 75.7 Å². The summed E-state index contributed by atoms with van der Waals surface area (Å²) in [6.07, 6.45) is 0.876. The minimum atomic E-state index is -0.576. The van der Waals surface area contributed by atoms with E-state index in [0.29, 0.717) is 18.0 Å². The fourth-order valence-corrected chi connectivity index (χ4v) is 2.81. The summed E-state index contributed by atoms with van der Waals surface area (Å²) in [4.78, 5) is 36.1. The third-order valence-electron chi connectivity index (χ3n) is 3.15. The van der Waals surface area contributed by atoms with E-state index in [-0.39, 0.29) is 18.4 Å². The Morgan fingerprint density at radius 2 is 2.23 bits per heavy atom. The van der Waals surface area contributed by atoms with Gasteiger partial charge in [0, 0.05) is 18.0 Å². The number of carbonyl (C=O) groups excluding carboxylic acids is 3. The highest BCUT2D eigenvalue weighted by molar-refractivity contribution is 8.13. The summed E-state index contributed by atoms with van der Waals surface area (Å²) >= 11 is 1.18. The van der Waals surface area contributed by atoms with Crippen LogP contribution < -0.4 is 5.32 Å². The predicted octanol–water partition coefficient (Wildman–Crippen LogP) is 1.90. The van der Waals surface area contributed by atoms with Crippen molar-refractivity contribution in [1.82, 2.24) is 4.90 Å². The zero-order chi connectivity index (χ0) is 15.9. The van der Waals surface area contributed by atoms with Crippen molar-refractivity contribution < 1.29 is 19.1 Å². The number of rotatable bonds is 6. The van der Waals surface area contributed by atoms with Gasteiger partial charge in [-0.2, -0.15) is 0 Å². The molecule has 1 N–H and O–H groups in total. The highest BCUT2D eigenvalue weighted by atomic mass is 32.2. The van der Waals surface area contributed by atoms with Crippen molar-refractivity contribution in [1.29, 1.82) is 0 Å². The summed E-state index contributed by atoms with van der Waals surface area (Å²) in [7, 11) is 0. The number of esters is 1. The smallest absolute Gasteiger partial charge is 0.326 e. The molecule has 1 aromatic rings. The molecule has 0 spiro atoms. The summed E-state index contributed by atoms with van der Waals surface area (Å²) in [5, 5.41) is 2.55. The summed E-state index contributed by atoms with van der Waals surface area (Å²) in [6, 6.07) is 7.48. The first-order valence-electron chi connectivity index (χ1n) is 7.04. The Labute approximate surface area is 133 Å². The van der Waals surface area contributed by atoms with Crippen molar-refractivity contribution in [3.8, 4) is 0 Å². The van der Waals surface area contributed by atoms with Crippen LogP contribution in [0, 0.1) is 0 Å². The van der Waals surface area contributed by atoms with Crippen LogP contribution in [-0.4, -0.2) is 47.5 Å². The predicted molar refractivity (Wildman–Crippen MR) is 84.8 cm³/mol. The second-order valence-electron chi connectivity index (χ2n) is 4.80. The number of ether oxygens (including phenoxy) is 1. The number of benzene rings is 1. The van der Waals surface area contributed by atoms with Gasteiger partial charge in [-0.1, -0.05) is 30.8 Å². The maximum absolute atomic E-state index is 11.7. The van der Waals surface area contributed by atoms with Crippen molar-refractivity contribution in [3.63, 3.8) is 0 Å². The molecule has 1 aliphatic heterocycles. The Hall–Kier alpha value is -2.02. The van der Waals surface area contributed by atoms with Gasteiger partial charge >= 0.3 is 5.97 Å². The molecule has 1 aromatic carbocycles. The van der Waals surface area contributed by atoms with E-state index in [4.69, 9.17) is 4.74 Å². The van der Waals surface area contributed by atoms with Gasteiger partial charge in [-0.15, -0.1) is 0 Å². The van der Waals surface area contributed by atoms with Gasteiger partial charge in [0.2, 0.25) is 0 Å². The van der Waals surface area contributed by atoms with Crippen molar-refractivity contribution in [2.75, 3.05) is 30.8 Å². The third-order valence-corrected chi connectivity index (χ3v) is 4.04. The molecule has 0 aromatic heterocycles. The van der Waals surface area contributed by atoms with Crippen molar-refractivity contribution in [2.45, 2.75) is 13.3 Å². The van der Waals surface area contributed by atoms with E-state index in [1.165, 1.54) is 16.7 Å². The van der Waals surface area contributed by atoms with Crippen LogP contribution in [0.25, 0.3) is 0 Å². The molecule has 0 unspecified atom stereocenters. The maximum Gasteiger partial charge on any atom is 0.326 e. The largest absolute Gasteiger partial charge is 0.454 e. The Morgan fingerprint density at radius 1 is 1.41 bits per heavy atom. The lowest BCUT2D eigenvalue weighted by atomic mass is 10.1. The van der Waals surface area contributed by atoms with Gasteiger partial charge in [0.05, 0.1) is 0 Å². The molecule has 0 radical (unpaired) electrons.